The summed E-state index contributed by atoms with van der Waals surface area (Å²) in [5.74, 6) is -1.32. The average Bonchev–Trinajstić information content (AvgIpc) is 3.53. The molecule has 2 aromatic carbocycles. The zero-order valence-electron chi connectivity index (χ0n) is 20.8. The first-order valence-corrected chi connectivity index (χ1v) is 13.9. The van der Waals surface area contributed by atoms with E-state index in [2.05, 4.69) is 15.2 Å². The van der Waals surface area contributed by atoms with Crippen LogP contribution in [0.25, 0.3) is 5.76 Å². The fourth-order valence-electron chi connectivity index (χ4n) is 4.09. The summed E-state index contributed by atoms with van der Waals surface area (Å²) in [5.41, 5.74) is 1.39. The molecule has 1 unspecified atom stereocenters. The predicted molar refractivity (Wildman–Crippen MR) is 147 cm³/mol. The highest BCUT2D eigenvalue weighted by Crippen LogP contribution is 2.44. The molecule has 8 nitrogen and oxygen atoms in total. The molecule has 1 saturated heterocycles. The highest BCUT2D eigenvalue weighted by atomic mass is 32.2. The van der Waals surface area contributed by atoms with E-state index in [9.17, 15) is 19.1 Å². The van der Waals surface area contributed by atoms with Crippen LogP contribution in [0.2, 0.25) is 0 Å². The highest BCUT2D eigenvalue weighted by molar-refractivity contribution is 8.00. The number of nitrogens with zero attached hydrogens (tertiary/aromatic N) is 4. The number of ketones is 1. The lowest BCUT2D eigenvalue weighted by atomic mass is 9.95. The normalized spacial score (nSPS) is 16.6. The van der Waals surface area contributed by atoms with E-state index in [-0.39, 0.29) is 22.3 Å². The minimum Gasteiger partial charge on any atom is -0.507 e. The number of rotatable bonds is 9. The number of anilines is 1. The largest absolute Gasteiger partial charge is 0.507 e. The van der Waals surface area contributed by atoms with Crippen LogP contribution in [0.4, 0.5) is 9.52 Å². The number of carbonyl (C=O) groups is 2. The number of Topliss-reactive ketones (excluding diaryl/α,β-unsaturated/α-hetero) is 1. The molecule has 5 rings (SSSR count). The molecule has 0 radical (unpaired) electrons. The van der Waals surface area contributed by atoms with Gasteiger partial charge in [-0.2, -0.15) is 0 Å². The molecule has 39 heavy (non-hydrogen) atoms. The van der Waals surface area contributed by atoms with Gasteiger partial charge < -0.3 is 9.84 Å². The Bertz CT molecular complexity index is 1530. The van der Waals surface area contributed by atoms with Crippen LogP contribution >= 0.6 is 23.1 Å². The number of carbonyl (C=O) groups excluding carboxylic acids is 2. The highest BCUT2D eigenvalue weighted by Gasteiger charge is 2.48. The molecule has 198 valence electrons. The molecule has 4 aromatic rings. The van der Waals surface area contributed by atoms with E-state index in [1.165, 1.54) is 35.1 Å². The predicted octanol–water partition coefficient (Wildman–Crippen LogP) is 5.78. The number of ether oxygens (including phenoxy) is 1. The van der Waals surface area contributed by atoms with E-state index in [4.69, 9.17) is 4.74 Å². The Morgan fingerprint density at radius 2 is 1.82 bits per heavy atom. The van der Waals surface area contributed by atoms with Crippen LogP contribution in [-0.2, 0) is 15.3 Å². The standard InChI is InChI=1S/C28H23FN4O4S2/c1-2-15-37-20-9-7-17(8-10-20)23-22(24(34)18-11-13-30-14-12-18)25(35)26(36)33(23)27-31-32-28(39-27)38-16-19-5-3-4-6-21(19)29/h3-14,23,34H,2,15-16H2,1H3/b24-22+. The molecule has 0 saturated carbocycles. The molecule has 0 aliphatic carbocycles. The van der Waals surface area contributed by atoms with Crippen molar-refractivity contribution in [3.05, 3.63) is 101 Å². The van der Waals surface area contributed by atoms with Gasteiger partial charge in [0, 0.05) is 23.7 Å². The number of benzene rings is 2. The summed E-state index contributed by atoms with van der Waals surface area (Å²) in [4.78, 5) is 31.9. The number of hydrogen-bond acceptors (Lipinski definition) is 9. The minimum atomic E-state index is -0.948. The second kappa shape index (κ2) is 11.7. The number of amides is 1. The summed E-state index contributed by atoms with van der Waals surface area (Å²) in [6, 6.07) is 15.7. The maximum Gasteiger partial charge on any atom is 0.301 e. The zero-order valence-corrected chi connectivity index (χ0v) is 22.4. The number of pyridine rings is 1. The molecular weight excluding hydrogens is 539 g/mol. The van der Waals surface area contributed by atoms with Gasteiger partial charge in [-0.25, -0.2) is 4.39 Å². The first-order valence-electron chi connectivity index (χ1n) is 12.1. The maximum atomic E-state index is 14.1. The summed E-state index contributed by atoms with van der Waals surface area (Å²) in [6.45, 7) is 2.56. The molecule has 0 bridgehead atoms. The van der Waals surface area contributed by atoms with Crippen molar-refractivity contribution >= 4 is 45.7 Å². The molecule has 1 N–H and O–H groups in total. The second-order valence-electron chi connectivity index (χ2n) is 8.55. The molecule has 0 spiro atoms. The number of thioether (sulfide) groups is 1. The van der Waals surface area contributed by atoms with E-state index in [0.717, 1.165) is 17.8 Å². The summed E-state index contributed by atoms with van der Waals surface area (Å²) in [6.07, 6.45) is 3.83. The van der Waals surface area contributed by atoms with Gasteiger partial charge in [-0.1, -0.05) is 60.4 Å². The third-order valence-electron chi connectivity index (χ3n) is 5.98. The quantitative estimate of drug-likeness (QED) is 0.0900. The van der Waals surface area contributed by atoms with Crippen molar-refractivity contribution in [1.82, 2.24) is 15.2 Å². The lowest BCUT2D eigenvalue weighted by molar-refractivity contribution is -0.132. The SMILES string of the molecule is CCCOc1ccc(C2/C(=C(\O)c3ccncc3)C(=O)C(=O)N2c2nnc(SCc3ccccc3F)s2)cc1. The van der Waals surface area contributed by atoms with Crippen molar-refractivity contribution in [2.75, 3.05) is 11.5 Å². The molecular formula is C28H23FN4O4S2. The summed E-state index contributed by atoms with van der Waals surface area (Å²) in [7, 11) is 0. The fourth-order valence-corrected chi connectivity index (χ4v) is 5.94. The number of aliphatic hydroxyl groups is 1. The van der Waals surface area contributed by atoms with E-state index < -0.39 is 17.7 Å². The van der Waals surface area contributed by atoms with Gasteiger partial charge in [0.1, 0.15) is 17.3 Å². The summed E-state index contributed by atoms with van der Waals surface area (Å²) >= 11 is 2.39. The Morgan fingerprint density at radius 3 is 2.54 bits per heavy atom. The van der Waals surface area contributed by atoms with Crippen LogP contribution in [0.1, 0.15) is 36.1 Å². The van der Waals surface area contributed by atoms with Crippen LogP contribution in [0, 0.1) is 5.82 Å². The second-order valence-corrected chi connectivity index (χ2v) is 10.7. The van der Waals surface area contributed by atoms with E-state index >= 15 is 0 Å². The topological polar surface area (TPSA) is 106 Å². The lowest BCUT2D eigenvalue weighted by Gasteiger charge is -2.22. The molecule has 1 atom stereocenters. The van der Waals surface area contributed by atoms with Crippen molar-refractivity contribution in [3.63, 3.8) is 0 Å². The first kappa shape index (κ1) is 26.5. The van der Waals surface area contributed by atoms with Crippen molar-refractivity contribution in [1.29, 1.82) is 0 Å². The monoisotopic (exact) mass is 562 g/mol. The van der Waals surface area contributed by atoms with Crippen molar-refractivity contribution in [2.24, 2.45) is 0 Å². The molecule has 1 aliphatic heterocycles. The number of aliphatic hydroxyl groups excluding tert-OH is 1. The molecule has 11 heteroatoms. The molecule has 2 aromatic heterocycles. The van der Waals surface area contributed by atoms with Crippen molar-refractivity contribution in [3.8, 4) is 5.75 Å². The number of aromatic nitrogens is 3. The van der Waals surface area contributed by atoms with Gasteiger partial charge in [0.05, 0.1) is 18.2 Å². The van der Waals surface area contributed by atoms with Gasteiger partial charge in [-0.15, -0.1) is 10.2 Å². The van der Waals surface area contributed by atoms with Crippen molar-refractivity contribution < 1.29 is 23.8 Å². The number of halogens is 1. The van der Waals surface area contributed by atoms with E-state index in [1.54, 1.807) is 54.6 Å². The van der Waals surface area contributed by atoms with Crippen LogP contribution in [0.3, 0.4) is 0 Å². The third-order valence-corrected chi connectivity index (χ3v) is 8.08. The first-order chi connectivity index (χ1) is 19.0. The Kier molecular flexibility index (Phi) is 7.99. The average molecular weight is 563 g/mol. The molecule has 3 heterocycles. The van der Waals surface area contributed by atoms with Crippen LogP contribution in [0.5, 0.6) is 5.75 Å². The van der Waals surface area contributed by atoms with Gasteiger partial charge in [0.25, 0.3) is 5.78 Å². The van der Waals surface area contributed by atoms with Gasteiger partial charge in [0.15, 0.2) is 4.34 Å². The van der Waals surface area contributed by atoms with Crippen LogP contribution in [-0.4, -0.2) is 38.6 Å². The van der Waals surface area contributed by atoms with E-state index in [0.29, 0.717) is 39.1 Å². The molecule has 1 aliphatic rings. The smallest absolute Gasteiger partial charge is 0.301 e. The Labute approximate surface area is 232 Å². The maximum absolute atomic E-state index is 14.1. The Morgan fingerprint density at radius 1 is 1.08 bits per heavy atom. The summed E-state index contributed by atoms with van der Waals surface area (Å²) in [5, 5.41) is 19.7. The lowest BCUT2D eigenvalue weighted by Crippen LogP contribution is -2.29. The minimum absolute atomic E-state index is 0.0656. The zero-order chi connectivity index (χ0) is 27.4. The molecule has 1 fully saturated rings. The fraction of sp³-hybridized carbons (Fsp3) is 0.179. The van der Waals surface area contributed by atoms with Gasteiger partial charge in [-0.05, 0) is 47.9 Å². The van der Waals surface area contributed by atoms with Crippen LogP contribution in [0.15, 0.2) is 83.0 Å². The van der Waals surface area contributed by atoms with Crippen molar-refractivity contribution in [2.45, 2.75) is 29.5 Å². The Balaban J connectivity index is 1.52. The molecule has 1 amide bonds. The van der Waals surface area contributed by atoms with E-state index in [1.807, 2.05) is 6.92 Å². The van der Waals surface area contributed by atoms with Gasteiger partial charge in [-0.3, -0.25) is 19.5 Å². The Hall–Kier alpha value is -4.09. The number of hydrogen-bond donors (Lipinski definition) is 1. The van der Waals surface area contributed by atoms with Gasteiger partial charge >= 0.3 is 5.91 Å². The summed E-state index contributed by atoms with van der Waals surface area (Å²) < 4.78 is 20.2. The third kappa shape index (κ3) is 5.55. The van der Waals surface area contributed by atoms with Gasteiger partial charge in [0.2, 0.25) is 5.13 Å². The van der Waals surface area contributed by atoms with Crippen LogP contribution < -0.4 is 9.64 Å².